The van der Waals surface area contributed by atoms with Crippen LogP contribution in [0.5, 0.6) is 0 Å². The van der Waals surface area contributed by atoms with Gasteiger partial charge in [0.1, 0.15) is 27.3 Å². The summed E-state index contributed by atoms with van der Waals surface area (Å²) in [7, 11) is 6.40. The Bertz CT molecular complexity index is 1320. The van der Waals surface area contributed by atoms with E-state index in [2.05, 4.69) is 87.2 Å². The van der Waals surface area contributed by atoms with E-state index < -0.39 is 0 Å². The van der Waals surface area contributed by atoms with E-state index in [4.69, 9.17) is 0 Å². The zero-order valence-corrected chi connectivity index (χ0v) is 19.5. The van der Waals surface area contributed by atoms with Gasteiger partial charge in [0, 0.05) is 29.9 Å². The van der Waals surface area contributed by atoms with Crippen LogP contribution in [0.4, 0.5) is 5.82 Å². The van der Waals surface area contributed by atoms with Gasteiger partial charge in [0.2, 0.25) is 0 Å². The zero-order chi connectivity index (χ0) is 22.4. The topological polar surface area (TPSA) is 42.7 Å². The van der Waals surface area contributed by atoms with Gasteiger partial charge in [0.15, 0.2) is 0 Å². The van der Waals surface area contributed by atoms with Crippen LogP contribution in [0.2, 0.25) is 0 Å². The van der Waals surface area contributed by atoms with Gasteiger partial charge in [0.25, 0.3) is 0 Å². The Morgan fingerprint density at radius 3 is 2.29 bits per heavy atom. The Morgan fingerprint density at radius 2 is 1.61 bits per heavy atom. The summed E-state index contributed by atoms with van der Waals surface area (Å²) in [5.41, 5.74) is 10.9. The molecule has 4 aromatic rings. The van der Waals surface area contributed by atoms with Crippen molar-refractivity contribution in [3.8, 4) is 11.3 Å². The van der Waals surface area contributed by atoms with Crippen LogP contribution in [0.25, 0.3) is 27.7 Å². The second kappa shape index (κ2) is 7.77. The fourth-order valence-corrected chi connectivity index (χ4v) is 4.31. The highest BCUT2D eigenvalue weighted by Crippen LogP contribution is 2.27. The summed E-state index contributed by atoms with van der Waals surface area (Å²) in [5.74, 6) is 1.79. The van der Waals surface area contributed by atoms with Crippen molar-refractivity contribution in [2.24, 2.45) is 7.05 Å². The lowest BCUT2D eigenvalue weighted by atomic mass is 9.74. The van der Waals surface area contributed by atoms with Crippen LogP contribution >= 0.6 is 0 Å². The molecule has 4 rings (SSSR count). The highest BCUT2D eigenvalue weighted by Gasteiger charge is 2.15. The number of pyridine rings is 1. The van der Waals surface area contributed by atoms with Gasteiger partial charge in [-0.2, -0.15) is 0 Å². The summed E-state index contributed by atoms with van der Waals surface area (Å²) in [6.45, 7) is 12.9. The van der Waals surface area contributed by atoms with Crippen LogP contribution in [-0.2, 0) is 7.05 Å². The number of benzene rings is 2. The van der Waals surface area contributed by atoms with E-state index in [1.807, 2.05) is 26.4 Å². The van der Waals surface area contributed by atoms with Crippen LogP contribution in [0.3, 0.4) is 0 Å². The maximum absolute atomic E-state index is 4.63. The Labute approximate surface area is 186 Å². The molecule has 0 spiro atoms. The minimum Gasteiger partial charge on any atom is -0.340 e. The molecule has 0 aliphatic rings. The summed E-state index contributed by atoms with van der Waals surface area (Å²) in [5, 5.41) is 5.69. The lowest BCUT2D eigenvalue weighted by Gasteiger charge is -2.21. The number of imidazole rings is 1. The molecule has 1 N–H and O–H groups in total. The molecule has 2 heterocycles. The Hall–Kier alpha value is -3.27. The number of hydrogen-bond donors (Lipinski definition) is 1. The predicted octanol–water partition coefficient (Wildman–Crippen LogP) is 2.47. The second-order valence-corrected chi connectivity index (χ2v) is 8.48. The molecule has 6 heteroatoms. The molecule has 2 aromatic heterocycles. The molecule has 0 saturated heterocycles. The number of hydrogen-bond acceptors (Lipinski definition) is 3. The monoisotopic (exact) mass is 406 g/mol. The van der Waals surface area contributed by atoms with Crippen molar-refractivity contribution in [3.63, 3.8) is 0 Å². The average Bonchev–Trinajstić information content (AvgIpc) is 3.09. The molecule has 0 fully saturated rings. The first kappa shape index (κ1) is 21.0. The summed E-state index contributed by atoms with van der Waals surface area (Å²) in [6, 6.07) is 8.51. The molecule has 0 amide bonds. The first-order chi connectivity index (χ1) is 14.7. The summed E-state index contributed by atoms with van der Waals surface area (Å²) >= 11 is 0. The van der Waals surface area contributed by atoms with E-state index in [1.165, 1.54) is 33.2 Å². The third-order valence-corrected chi connectivity index (χ3v) is 6.82. The van der Waals surface area contributed by atoms with Gasteiger partial charge >= 0.3 is 0 Å². The molecular formula is C25H28B2N4. The molecule has 0 bridgehead atoms. The molecule has 0 aliphatic carbocycles. The van der Waals surface area contributed by atoms with Gasteiger partial charge in [-0.15, -0.1) is 0 Å². The molecule has 31 heavy (non-hydrogen) atoms. The van der Waals surface area contributed by atoms with Gasteiger partial charge in [-0.1, -0.05) is 40.8 Å². The standard InChI is InChI=1S/C25H28B2N4/c1-13-14(2)25(27)23(15(3)24(13)26)16(4)30-22-10-20-9-18(7-8-19(20)11-29-22)21-12-28-17(5)31(21)6/h7-12H,4,26-27H2,1-3,5-6H3,(H,29,30). The maximum Gasteiger partial charge on any atom is 0.140 e. The van der Waals surface area contributed by atoms with Gasteiger partial charge in [0.05, 0.1) is 11.9 Å². The van der Waals surface area contributed by atoms with Gasteiger partial charge in [-0.3, -0.25) is 0 Å². The number of fused-ring (bicyclic) bond motifs is 1. The molecule has 0 unspecified atom stereocenters. The van der Waals surface area contributed by atoms with E-state index in [1.54, 1.807) is 0 Å². The van der Waals surface area contributed by atoms with E-state index >= 15 is 0 Å². The van der Waals surface area contributed by atoms with Crippen LogP contribution in [-0.4, -0.2) is 30.2 Å². The third-order valence-electron chi connectivity index (χ3n) is 6.82. The van der Waals surface area contributed by atoms with Crippen molar-refractivity contribution < 1.29 is 0 Å². The molecule has 154 valence electrons. The quantitative estimate of drug-likeness (QED) is 0.530. The van der Waals surface area contributed by atoms with Crippen LogP contribution in [0.15, 0.2) is 43.2 Å². The Kier molecular flexibility index (Phi) is 5.26. The Morgan fingerprint density at radius 1 is 0.903 bits per heavy atom. The van der Waals surface area contributed by atoms with Crippen molar-refractivity contribution in [1.82, 2.24) is 14.5 Å². The SMILES string of the molecule is Bc1c(C)c(C)c(B)c(C(=C)Nc2cc3cc(-c4cnc(C)n4C)ccc3cn2)c1C. The summed E-state index contributed by atoms with van der Waals surface area (Å²) < 4.78 is 2.11. The smallest absolute Gasteiger partial charge is 0.140 e. The largest absolute Gasteiger partial charge is 0.340 e. The van der Waals surface area contributed by atoms with Crippen molar-refractivity contribution in [3.05, 3.63) is 71.3 Å². The third kappa shape index (κ3) is 3.56. The Balaban J connectivity index is 1.71. The van der Waals surface area contributed by atoms with E-state index in [0.717, 1.165) is 39.4 Å². The predicted molar refractivity (Wildman–Crippen MR) is 138 cm³/mol. The first-order valence-corrected chi connectivity index (χ1v) is 10.6. The summed E-state index contributed by atoms with van der Waals surface area (Å²) in [6.07, 6.45) is 3.83. The lowest BCUT2D eigenvalue weighted by Crippen LogP contribution is -2.27. The number of aromatic nitrogens is 3. The minimum atomic E-state index is 0.797. The molecular weight excluding hydrogens is 378 g/mol. The van der Waals surface area contributed by atoms with Gasteiger partial charge in [-0.05, 0) is 56.3 Å². The van der Waals surface area contributed by atoms with Gasteiger partial charge in [-0.25, -0.2) is 9.97 Å². The number of rotatable bonds is 4. The number of anilines is 1. The van der Waals surface area contributed by atoms with Crippen molar-refractivity contribution in [2.75, 3.05) is 5.32 Å². The minimum absolute atomic E-state index is 0.797. The summed E-state index contributed by atoms with van der Waals surface area (Å²) in [4.78, 5) is 9.06. The van der Waals surface area contributed by atoms with Crippen LogP contribution in [0.1, 0.15) is 28.1 Å². The van der Waals surface area contributed by atoms with Crippen molar-refractivity contribution >= 4 is 48.9 Å². The lowest BCUT2D eigenvalue weighted by molar-refractivity contribution is 0.865. The van der Waals surface area contributed by atoms with E-state index in [-0.39, 0.29) is 0 Å². The molecule has 0 aliphatic heterocycles. The fourth-order valence-electron chi connectivity index (χ4n) is 4.31. The number of nitrogens with zero attached hydrogens (tertiary/aromatic N) is 3. The highest BCUT2D eigenvalue weighted by atomic mass is 15.0. The van der Waals surface area contributed by atoms with E-state index in [0.29, 0.717) is 0 Å². The number of nitrogens with one attached hydrogen (secondary N) is 1. The first-order valence-electron chi connectivity index (χ1n) is 10.6. The van der Waals surface area contributed by atoms with Crippen LogP contribution < -0.4 is 16.2 Å². The van der Waals surface area contributed by atoms with Gasteiger partial charge < -0.3 is 9.88 Å². The zero-order valence-electron chi connectivity index (χ0n) is 19.5. The fraction of sp³-hybridized carbons (Fsp3) is 0.200. The average molecular weight is 406 g/mol. The van der Waals surface area contributed by atoms with Crippen LogP contribution in [0, 0.1) is 27.7 Å². The van der Waals surface area contributed by atoms with Crippen molar-refractivity contribution in [1.29, 1.82) is 0 Å². The van der Waals surface area contributed by atoms with E-state index in [9.17, 15) is 0 Å². The maximum atomic E-state index is 4.63. The number of aryl methyl sites for hydroxylation is 1. The molecule has 0 atom stereocenters. The second-order valence-electron chi connectivity index (χ2n) is 8.48. The molecule has 4 nitrogen and oxygen atoms in total. The van der Waals surface area contributed by atoms with Crippen molar-refractivity contribution in [2.45, 2.75) is 27.7 Å². The highest BCUT2D eigenvalue weighted by molar-refractivity contribution is 6.40. The molecule has 0 radical (unpaired) electrons. The normalized spacial score (nSPS) is 11.1. The molecule has 0 saturated carbocycles. The molecule has 2 aromatic carbocycles.